The van der Waals surface area contributed by atoms with Crippen molar-refractivity contribution in [3.05, 3.63) is 21.4 Å². The van der Waals surface area contributed by atoms with E-state index in [1.807, 2.05) is 11.3 Å². The summed E-state index contributed by atoms with van der Waals surface area (Å²) in [4.78, 5) is 5.60. The molecule has 1 aliphatic rings. The van der Waals surface area contributed by atoms with Crippen molar-refractivity contribution < 1.29 is 0 Å². The second-order valence-corrected chi connectivity index (χ2v) is 6.40. The smallest absolute Gasteiger partial charge is 0.0328 e. The van der Waals surface area contributed by atoms with E-state index in [0.29, 0.717) is 0 Å². The van der Waals surface area contributed by atoms with Gasteiger partial charge in [-0.25, -0.2) is 0 Å². The van der Waals surface area contributed by atoms with Crippen LogP contribution in [0.1, 0.15) is 35.1 Å². The van der Waals surface area contributed by atoms with Gasteiger partial charge in [0.25, 0.3) is 0 Å². The summed E-state index contributed by atoms with van der Waals surface area (Å²) < 4.78 is 0. The number of thiophene rings is 1. The van der Waals surface area contributed by atoms with Crippen LogP contribution in [0.5, 0.6) is 0 Å². The molecule has 1 aromatic rings. The molecule has 96 valence electrons. The Hall–Kier alpha value is -0.380. The van der Waals surface area contributed by atoms with E-state index < -0.39 is 0 Å². The lowest BCUT2D eigenvalue weighted by atomic mass is 10.1. The zero-order chi connectivity index (χ0) is 12.3. The summed E-state index contributed by atoms with van der Waals surface area (Å²) >= 11 is 1.96. The minimum absolute atomic E-state index is 0.753. The predicted octanol–water partition coefficient (Wildman–Crippen LogP) is 2.94. The number of hydrogen-bond donors (Lipinski definition) is 1. The zero-order valence-corrected chi connectivity index (χ0v) is 12.1. The summed E-state index contributed by atoms with van der Waals surface area (Å²) in [5, 5.41) is 3.56. The topological polar surface area (TPSA) is 15.3 Å². The number of nitrogens with zero attached hydrogens (tertiary/aromatic N) is 1. The molecule has 3 heteroatoms. The first-order chi connectivity index (χ1) is 8.19. The standard InChI is InChI=1S/C14H24N2S/c1-4-15-13-5-7-16(8-6-13)10-14-9-11(2)12(3)17-14/h9,13,15H,4-8,10H2,1-3H3. The van der Waals surface area contributed by atoms with Gasteiger partial charge in [0.05, 0.1) is 0 Å². The van der Waals surface area contributed by atoms with Gasteiger partial charge in [0, 0.05) is 22.3 Å². The normalized spacial score (nSPS) is 18.8. The van der Waals surface area contributed by atoms with Crippen molar-refractivity contribution in [2.24, 2.45) is 0 Å². The van der Waals surface area contributed by atoms with Crippen LogP contribution in [0, 0.1) is 13.8 Å². The third kappa shape index (κ3) is 3.54. The molecule has 0 bridgehead atoms. The summed E-state index contributed by atoms with van der Waals surface area (Å²) in [6, 6.07) is 3.11. The van der Waals surface area contributed by atoms with E-state index >= 15 is 0 Å². The molecular formula is C14H24N2S. The van der Waals surface area contributed by atoms with Crippen molar-refractivity contribution in [1.82, 2.24) is 10.2 Å². The van der Waals surface area contributed by atoms with Gasteiger partial charge >= 0.3 is 0 Å². The molecule has 17 heavy (non-hydrogen) atoms. The molecule has 0 aromatic carbocycles. The zero-order valence-electron chi connectivity index (χ0n) is 11.3. The van der Waals surface area contributed by atoms with Crippen LogP contribution in [0.15, 0.2) is 6.07 Å². The first-order valence-electron chi connectivity index (χ1n) is 6.70. The molecule has 0 spiro atoms. The van der Waals surface area contributed by atoms with Crippen molar-refractivity contribution in [3.8, 4) is 0 Å². The number of piperidine rings is 1. The SMILES string of the molecule is CCNC1CCN(Cc2cc(C)c(C)s2)CC1. The quantitative estimate of drug-likeness (QED) is 0.886. The Morgan fingerprint density at radius 1 is 1.35 bits per heavy atom. The van der Waals surface area contributed by atoms with Crippen LogP contribution in [0.25, 0.3) is 0 Å². The summed E-state index contributed by atoms with van der Waals surface area (Å²) in [5.41, 5.74) is 1.45. The first kappa shape index (κ1) is 13.1. The molecule has 1 fully saturated rings. The van der Waals surface area contributed by atoms with Crippen molar-refractivity contribution in [1.29, 1.82) is 0 Å². The second-order valence-electron chi connectivity index (χ2n) is 5.06. The van der Waals surface area contributed by atoms with E-state index in [9.17, 15) is 0 Å². The number of aryl methyl sites for hydroxylation is 2. The molecule has 2 nitrogen and oxygen atoms in total. The van der Waals surface area contributed by atoms with Crippen LogP contribution in [0.4, 0.5) is 0 Å². The van der Waals surface area contributed by atoms with Crippen LogP contribution in [-0.4, -0.2) is 30.6 Å². The number of likely N-dealkylation sites (tertiary alicyclic amines) is 1. The van der Waals surface area contributed by atoms with Gasteiger partial charge in [-0.05, 0) is 58.0 Å². The highest BCUT2D eigenvalue weighted by molar-refractivity contribution is 7.12. The number of hydrogen-bond acceptors (Lipinski definition) is 3. The Kier molecular flexibility index (Phi) is 4.60. The Balaban J connectivity index is 1.81. The fourth-order valence-corrected chi connectivity index (χ4v) is 3.63. The molecule has 0 saturated carbocycles. The number of nitrogens with one attached hydrogen (secondary N) is 1. The molecule has 0 unspecified atom stereocenters. The van der Waals surface area contributed by atoms with Gasteiger partial charge in [-0.15, -0.1) is 11.3 Å². The maximum absolute atomic E-state index is 3.56. The molecule has 2 heterocycles. The Morgan fingerprint density at radius 3 is 2.59 bits per heavy atom. The highest BCUT2D eigenvalue weighted by Gasteiger charge is 2.18. The molecule has 0 aliphatic carbocycles. The van der Waals surface area contributed by atoms with E-state index in [1.165, 1.54) is 41.2 Å². The average Bonchev–Trinajstić information content (AvgIpc) is 2.61. The van der Waals surface area contributed by atoms with E-state index in [-0.39, 0.29) is 0 Å². The minimum Gasteiger partial charge on any atom is -0.314 e. The summed E-state index contributed by atoms with van der Waals surface area (Å²) in [5.74, 6) is 0. The van der Waals surface area contributed by atoms with Gasteiger partial charge in [0.15, 0.2) is 0 Å². The lowest BCUT2D eigenvalue weighted by molar-refractivity contribution is 0.193. The Bertz CT molecular complexity index is 332. The van der Waals surface area contributed by atoms with Gasteiger partial charge < -0.3 is 5.32 Å². The number of rotatable bonds is 4. The van der Waals surface area contributed by atoms with Crippen molar-refractivity contribution in [2.45, 2.75) is 46.2 Å². The monoisotopic (exact) mass is 252 g/mol. The average molecular weight is 252 g/mol. The van der Waals surface area contributed by atoms with Crippen LogP contribution in [0.2, 0.25) is 0 Å². The van der Waals surface area contributed by atoms with E-state index in [4.69, 9.17) is 0 Å². The van der Waals surface area contributed by atoms with Gasteiger partial charge in [-0.3, -0.25) is 4.90 Å². The van der Waals surface area contributed by atoms with Crippen LogP contribution >= 0.6 is 11.3 Å². The fraction of sp³-hybridized carbons (Fsp3) is 0.714. The lowest BCUT2D eigenvalue weighted by Crippen LogP contribution is -2.41. The molecule has 0 radical (unpaired) electrons. The van der Waals surface area contributed by atoms with Crippen molar-refractivity contribution >= 4 is 11.3 Å². The highest BCUT2D eigenvalue weighted by atomic mass is 32.1. The van der Waals surface area contributed by atoms with Crippen molar-refractivity contribution in [2.75, 3.05) is 19.6 Å². The molecule has 1 aromatic heterocycles. The molecule has 1 saturated heterocycles. The van der Waals surface area contributed by atoms with Crippen LogP contribution < -0.4 is 5.32 Å². The Labute approximate surface area is 109 Å². The van der Waals surface area contributed by atoms with E-state index in [1.54, 1.807) is 0 Å². The van der Waals surface area contributed by atoms with Crippen LogP contribution in [-0.2, 0) is 6.54 Å². The van der Waals surface area contributed by atoms with Gasteiger partial charge in [-0.2, -0.15) is 0 Å². The molecule has 0 amide bonds. The predicted molar refractivity (Wildman–Crippen MR) is 75.8 cm³/mol. The Morgan fingerprint density at radius 2 is 2.06 bits per heavy atom. The maximum atomic E-state index is 3.56. The first-order valence-corrected chi connectivity index (χ1v) is 7.52. The van der Waals surface area contributed by atoms with Crippen molar-refractivity contribution in [3.63, 3.8) is 0 Å². The largest absolute Gasteiger partial charge is 0.314 e. The van der Waals surface area contributed by atoms with Gasteiger partial charge in [-0.1, -0.05) is 6.92 Å². The summed E-state index contributed by atoms with van der Waals surface area (Å²) in [6.07, 6.45) is 2.61. The van der Waals surface area contributed by atoms with E-state index in [0.717, 1.165) is 19.1 Å². The molecule has 1 aliphatic heterocycles. The maximum Gasteiger partial charge on any atom is 0.0328 e. The lowest BCUT2D eigenvalue weighted by Gasteiger charge is -2.31. The molecule has 1 N–H and O–H groups in total. The third-order valence-corrected chi connectivity index (χ3v) is 4.81. The molecular weight excluding hydrogens is 228 g/mol. The van der Waals surface area contributed by atoms with Crippen LogP contribution in [0.3, 0.4) is 0 Å². The van der Waals surface area contributed by atoms with E-state index in [2.05, 4.69) is 37.1 Å². The highest BCUT2D eigenvalue weighted by Crippen LogP contribution is 2.23. The summed E-state index contributed by atoms with van der Waals surface area (Å²) in [6.45, 7) is 11.4. The fourth-order valence-electron chi connectivity index (χ4n) is 2.53. The molecule has 2 rings (SSSR count). The van der Waals surface area contributed by atoms with Gasteiger partial charge in [0.2, 0.25) is 0 Å². The third-order valence-electron chi connectivity index (χ3n) is 3.68. The van der Waals surface area contributed by atoms with Gasteiger partial charge in [0.1, 0.15) is 0 Å². The molecule has 0 atom stereocenters. The second kappa shape index (κ2) is 5.98. The minimum atomic E-state index is 0.753. The summed E-state index contributed by atoms with van der Waals surface area (Å²) in [7, 11) is 0.